The molecule has 3 fully saturated rings. The van der Waals surface area contributed by atoms with Crippen molar-refractivity contribution in [2.45, 2.75) is 49.6 Å². The first-order valence-electron chi connectivity index (χ1n) is 12.3. The zero-order valence-corrected chi connectivity index (χ0v) is 21.4. The van der Waals surface area contributed by atoms with Crippen molar-refractivity contribution in [3.05, 3.63) is 35.9 Å². The van der Waals surface area contributed by atoms with Gasteiger partial charge in [0, 0.05) is 31.4 Å². The molecule has 0 aromatic heterocycles. The molecule has 9 heteroatoms. The molecule has 0 unspecified atom stereocenters. The smallest absolute Gasteiger partial charge is 0.321 e. The first-order chi connectivity index (χ1) is 16.0. The number of urea groups is 1. The molecule has 0 radical (unpaired) electrons. The number of carbonyl (C=O) groups is 2. The van der Waals surface area contributed by atoms with Crippen LogP contribution in [0.25, 0.3) is 0 Å². The highest BCUT2D eigenvalue weighted by atomic mass is 32.2. The third kappa shape index (κ3) is 5.25. The largest absolute Gasteiger partial charge is 0.354 e. The van der Waals surface area contributed by atoms with Crippen LogP contribution in [0, 0.1) is 5.92 Å². The Hall–Kier alpha value is -2.13. The van der Waals surface area contributed by atoms with Crippen LogP contribution in [0.15, 0.2) is 30.3 Å². The van der Waals surface area contributed by atoms with Gasteiger partial charge in [-0.25, -0.2) is 13.2 Å². The average molecular weight is 491 g/mol. The van der Waals surface area contributed by atoms with Gasteiger partial charge in [0.15, 0.2) is 0 Å². The summed E-state index contributed by atoms with van der Waals surface area (Å²) < 4.78 is 22.7. The number of nitrogens with one attached hydrogen (secondary N) is 1. The molecule has 1 N–H and O–H groups in total. The van der Waals surface area contributed by atoms with Gasteiger partial charge >= 0.3 is 6.03 Å². The van der Waals surface area contributed by atoms with Gasteiger partial charge in [-0.3, -0.25) is 9.69 Å². The van der Waals surface area contributed by atoms with Gasteiger partial charge in [-0.15, -0.1) is 0 Å². The molecule has 2 saturated carbocycles. The summed E-state index contributed by atoms with van der Waals surface area (Å²) in [6.07, 6.45) is 7.17. The lowest BCUT2D eigenvalue weighted by atomic mass is 9.68. The van der Waals surface area contributed by atoms with Gasteiger partial charge in [0.25, 0.3) is 0 Å². The highest BCUT2D eigenvalue weighted by Gasteiger charge is 2.55. The Kier molecular flexibility index (Phi) is 6.97. The van der Waals surface area contributed by atoms with Crippen molar-refractivity contribution in [3.63, 3.8) is 0 Å². The lowest BCUT2D eigenvalue weighted by molar-refractivity contribution is -0.121. The van der Waals surface area contributed by atoms with Gasteiger partial charge in [-0.2, -0.15) is 0 Å². The summed E-state index contributed by atoms with van der Waals surface area (Å²) in [4.78, 5) is 32.0. The maximum atomic E-state index is 13.4. The summed E-state index contributed by atoms with van der Waals surface area (Å²) >= 11 is 0. The van der Waals surface area contributed by atoms with Crippen LogP contribution >= 0.6 is 0 Å². The van der Waals surface area contributed by atoms with Gasteiger partial charge in [0.1, 0.15) is 16.4 Å². The molecular weight excluding hydrogens is 452 g/mol. The van der Waals surface area contributed by atoms with E-state index in [0.717, 1.165) is 51.3 Å². The molecule has 188 valence electrons. The van der Waals surface area contributed by atoms with Gasteiger partial charge in [0.2, 0.25) is 5.91 Å². The molecule has 1 aliphatic heterocycles. The number of sulfone groups is 1. The molecule has 4 rings (SSSR count). The molecule has 8 nitrogen and oxygen atoms in total. The summed E-state index contributed by atoms with van der Waals surface area (Å²) in [5, 5.41) is 2.66. The molecule has 1 heterocycles. The zero-order chi connectivity index (χ0) is 24.6. The molecule has 1 aromatic carbocycles. The Morgan fingerprint density at radius 2 is 1.76 bits per heavy atom. The molecule has 0 bridgehead atoms. The molecule has 0 atom stereocenters. The molecule has 1 spiro atoms. The number of amides is 3. The Morgan fingerprint density at radius 1 is 1.12 bits per heavy atom. The number of benzene rings is 1. The van der Waals surface area contributed by atoms with E-state index < -0.39 is 9.84 Å². The maximum Gasteiger partial charge on any atom is 0.321 e. The van der Waals surface area contributed by atoms with E-state index in [1.165, 1.54) is 5.56 Å². The lowest BCUT2D eigenvalue weighted by Crippen LogP contribution is -2.55. The minimum atomic E-state index is -3.14. The zero-order valence-electron chi connectivity index (χ0n) is 20.6. The molecule has 3 amide bonds. The molecule has 1 saturated heterocycles. The summed E-state index contributed by atoms with van der Waals surface area (Å²) in [5.74, 6) is 0.165. The summed E-state index contributed by atoms with van der Waals surface area (Å²) in [6.45, 7) is 1.36. The van der Waals surface area contributed by atoms with E-state index in [4.69, 9.17) is 0 Å². The van der Waals surface area contributed by atoms with Crippen LogP contribution in [-0.2, 0) is 20.2 Å². The predicted molar refractivity (Wildman–Crippen MR) is 132 cm³/mol. The third-order valence-electron chi connectivity index (χ3n) is 8.00. The third-order valence-corrected chi connectivity index (χ3v) is 8.95. The summed E-state index contributed by atoms with van der Waals surface area (Å²) in [7, 11) is 1.13. The first-order valence-corrected chi connectivity index (χ1v) is 14.3. The fourth-order valence-corrected chi connectivity index (χ4v) is 6.21. The Balaban J connectivity index is 1.48. The van der Waals surface area contributed by atoms with Crippen molar-refractivity contribution in [1.82, 2.24) is 20.0 Å². The second-order valence-corrected chi connectivity index (χ2v) is 12.9. The Bertz CT molecular complexity index is 999. The van der Waals surface area contributed by atoms with Crippen molar-refractivity contribution >= 4 is 21.8 Å². The second-order valence-electron chi connectivity index (χ2n) is 10.7. The van der Waals surface area contributed by atoms with Crippen LogP contribution in [0.3, 0.4) is 0 Å². The van der Waals surface area contributed by atoms with Gasteiger partial charge < -0.3 is 15.1 Å². The molecule has 3 aliphatic rings. The van der Waals surface area contributed by atoms with Crippen molar-refractivity contribution < 1.29 is 18.0 Å². The van der Waals surface area contributed by atoms with E-state index in [1.807, 2.05) is 6.07 Å². The Labute approximate surface area is 203 Å². The van der Waals surface area contributed by atoms with E-state index in [0.29, 0.717) is 12.5 Å². The van der Waals surface area contributed by atoms with Crippen molar-refractivity contribution in [3.8, 4) is 0 Å². The number of carbonyl (C=O) groups excluding carboxylic acids is 2. The highest BCUT2D eigenvalue weighted by molar-refractivity contribution is 7.90. The van der Waals surface area contributed by atoms with Crippen LogP contribution in [0.4, 0.5) is 4.79 Å². The van der Waals surface area contributed by atoms with Crippen LogP contribution in [0.2, 0.25) is 0 Å². The van der Waals surface area contributed by atoms with Crippen LogP contribution < -0.4 is 5.32 Å². The quantitative estimate of drug-likeness (QED) is 0.572. The molecule has 34 heavy (non-hydrogen) atoms. The normalized spacial score (nSPS) is 27.6. The van der Waals surface area contributed by atoms with Crippen molar-refractivity contribution in [2.75, 3.05) is 52.3 Å². The minimum Gasteiger partial charge on any atom is -0.354 e. The topological polar surface area (TPSA) is 90.0 Å². The van der Waals surface area contributed by atoms with Crippen molar-refractivity contribution in [2.24, 2.45) is 5.92 Å². The first kappa shape index (κ1) is 25.0. The SMILES string of the molecule is CN(C)[C@]1(c2ccccc2)CC[C@@]2(CC1)CN(CC(=O)NCCS(C)(=O)=O)C(=O)N2CC1CC1. The van der Waals surface area contributed by atoms with E-state index in [1.54, 1.807) is 4.90 Å². The average Bonchev–Trinajstić information content (AvgIpc) is 3.57. The minimum absolute atomic E-state index is 0.0248. The standard InChI is InChI=1S/C25H38N4O4S/c1-27(2)25(21-7-5-4-6-8-21)13-11-24(12-14-25)19-28(23(31)29(24)17-20-9-10-20)18-22(30)26-15-16-34(3,32)33/h4-8,20H,9-19H2,1-3H3,(H,26,30)/t24-,25-. The second kappa shape index (κ2) is 9.49. The van der Waals surface area contributed by atoms with Crippen LogP contribution in [-0.4, -0.2) is 92.9 Å². The molecule has 1 aromatic rings. The highest BCUT2D eigenvalue weighted by Crippen LogP contribution is 2.49. The van der Waals surface area contributed by atoms with Crippen LogP contribution in [0.5, 0.6) is 0 Å². The van der Waals surface area contributed by atoms with E-state index in [9.17, 15) is 18.0 Å². The van der Waals surface area contributed by atoms with E-state index in [2.05, 4.69) is 53.5 Å². The summed E-state index contributed by atoms with van der Waals surface area (Å²) in [5.41, 5.74) is 1.01. The van der Waals surface area contributed by atoms with Gasteiger partial charge in [-0.05, 0) is 64.1 Å². The number of hydrogen-bond donors (Lipinski definition) is 1. The predicted octanol–water partition coefficient (Wildman–Crippen LogP) is 2.06. The van der Waals surface area contributed by atoms with Crippen molar-refractivity contribution in [1.29, 1.82) is 0 Å². The number of nitrogens with zero attached hydrogens (tertiary/aromatic N) is 3. The molecule has 2 aliphatic carbocycles. The fraction of sp³-hybridized carbons (Fsp3) is 0.680. The van der Waals surface area contributed by atoms with Crippen LogP contribution in [0.1, 0.15) is 44.1 Å². The van der Waals surface area contributed by atoms with E-state index >= 15 is 0 Å². The number of hydrogen-bond acceptors (Lipinski definition) is 5. The lowest BCUT2D eigenvalue weighted by Gasteiger charge is -2.51. The molecular formula is C25H38N4O4S. The Morgan fingerprint density at radius 3 is 2.32 bits per heavy atom. The van der Waals surface area contributed by atoms with Gasteiger partial charge in [-0.1, -0.05) is 30.3 Å². The maximum absolute atomic E-state index is 13.4. The summed E-state index contributed by atoms with van der Waals surface area (Å²) in [6, 6.07) is 10.6. The monoisotopic (exact) mass is 490 g/mol. The fourth-order valence-electron chi connectivity index (χ4n) is 5.74. The van der Waals surface area contributed by atoms with Gasteiger partial charge in [0.05, 0.1) is 11.3 Å². The van der Waals surface area contributed by atoms with E-state index in [-0.39, 0.29) is 41.9 Å². The number of rotatable bonds is 9.